The molecule has 5 heteroatoms. The second kappa shape index (κ2) is 10.5. The highest BCUT2D eigenvalue weighted by atomic mass is 16.5. The number of carbonyl (C=O) groups is 1. The molecule has 0 saturated heterocycles. The third-order valence-corrected chi connectivity index (χ3v) is 5.09. The maximum atomic E-state index is 12.2. The fourth-order valence-electron chi connectivity index (χ4n) is 3.24. The van der Waals surface area contributed by atoms with Gasteiger partial charge in [-0.25, -0.2) is 4.98 Å². The molecule has 29 heavy (non-hydrogen) atoms. The zero-order chi connectivity index (χ0) is 20.5. The van der Waals surface area contributed by atoms with Crippen LogP contribution >= 0.6 is 0 Å². The normalized spacial score (nSPS) is 11.8. The molecular formula is C24H29N3O2. The summed E-state index contributed by atoms with van der Waals surface area (Å²) in [5.41, 5.74) is 2.37. The highest BCUT2D eigenvalue weighted by molar-refractivity contribution is 5.77. The standard InChI is InChI=1S/C24H29N3O2/c1-3-19(2)21-11-7-8-12-22(21)29-18-24(28)26-14-13-23-25-15-16-27(23)17-20-9-5-4-6-10-20/h4-12,15-16,19H,3,13-14,17-18H2,1-2H3,(H,26,28). The Balaban J connectivity index is 1.46. The van der Waals surface area contributed by atoms with Gasteiger partial charge >= 0.3 is 0 Å². The number of rotatable bonds is 10. The van der Waals surface area contributed by atoms with E-state index in [4.69, 9.17) is 4.74 Å². The van der Waals surface area contributed by atoms with E-state index in [9.17, 15) is 4.79 Å². The van der Waals surface area contributed by atoms with Gasteiger partial charge in [-0.2, -0.15) is 0 Å². The van der Waals surface area contributed by atoms with Gasteiger partial charge in [0.2, 0.25) is 0 Å². The molecule has 1 unspecified atom stereocenters. The molecule has 3 rings (SSSR count). The van der Waals surface area contributed by atoms with Crippen molar-refractivity contribution in [2.24, 2.45) is 0 Å². The van der Waals surface area contributed by atoms with Gasteiger partial charge in [0, 0.05) is 31.9 Å². The number of benzene rings is 2. The van der Waals surface area contributed by atoms with Crippen LogP contribution in [0.15, 0.2) is 67.0 Å². The summed E-state index contributed by atoms with van der Waals surface area (Å²) in [6.07, 6.45) is 5.48. The number of para-hydroxylation sites is 1. The smallest absolute Gasteiger partial charge is 0.257 e. The van der Waals surface area contributed by atoms with E-state index >= 15 is 0 Å². The first-order chi connectivity index (χ1) is 14.2. The molecule has 152 valence electrons. The van der Waals surface area contributed by atoms with Crippen LogP contribution in [0.4, 0.5) is 0 Å². The molecule has 0 aliphatic rings. The summed E-state index contributed by atoms with van der Waals surface area (Å²) in [5.74, 6) is 2.02. The van der Waals surface area contributed by atoms with Crippen LogP contribution in [0.1, 0.15) is 43.1 Å². The number of ether oxygens (including phenoxy) is 1. The van der Waals surface area contributed by atoms with Crippen molar-refractivity contribution in [3.05, 3.63) is 83.9 Å². The number of hydrogen-bond donors (Lipinski definition) is 1. The number of hydrogen-bond acceptors (Lipinski definition) is 3. The third kappa shape index (κ3) is 5.95. The Bertz CT molecular complexity index is 905. The van der Waals surface area contributed by atoms with E-state index in [-0.39, 0.29) is 12.5 Å². The first-order valence-electron chi connectivity index (χ1n) is 10.2. The van der Waals surface area contributed by atoms with Crippen molar-refractivity contribution in [2.75, 3.05) is 13.2 Å². The van der Waals surface area contributed by atoms with Crippen LogP contribution in [-0.2, 0) is 17.8 Å². The van der Waals surface area contributed by atoms with Crippen LogP contribution in [-0.4, -0.2) is 28.6 Å². The average Bonchev–Trinajstić information content (AvgIpc) is 3.19. The number of nitrogens with zero attached hydrogens (tertiary/aromatic N) is 2. The zero-order valence-electron chi connectivity index (χ0n) is 17.2. The van der Waals surface area contributed by atoms with Crippen LogP contribution in [0.5, 0.6) is 5.75 Å². The fourth-order valence-corrected chi connectivity index (χ4v) is 3.24. The van der Waals surface area contributed by atoms with Gasteiger partial charge in [0.15, 0.2) is 6.61 Å². The fraction of sp³-hybridized carbons (Fsp3) is 0.333. The van der Waals surface area contributed by atoms with Crippen molar-refractivity contribution in [1.82, 2.24) is 14.9 Å². The molecule has 0 fully saturated rings. The first kappa shape index (κ1) is 20.6. The zero-order valence-corrected chi connectivity index (χ0v) is 17.2. The molecule has 5 nitrogen and oxygen atoms in total. The van der Waals surface area contributed by atoms with Gasteiger partial charge < -0.3 is 14.6 Å². The molecule has 1 aromatic heterocycles. The lowest BCUT2D eigenvalue weighted by Crippen LogP contribution is -2.31. The summed E-state index contributed by atoms with van der Waals surface area (Å²) in [6.45, 7) is 5.64. The third-order valence-electron chi connectivity index (χ3n) is 5.09. The molecule has 1 N–H and O–H groups in total. The molecule has 0 aliphatic heterocycles. The molecule has 0 saturated carbocycles. The average molecular weight is 392 g/mol. The molecule has 0 bridgehead atoms. The van der Waals surface area contributed by atoms with E-state index in [0.717, 1.165) is 30.1 Å². The lowest BCUT2D eigenvalue weighted by atomic mass is 9.98. The van der Waals surface area contributed by atoms with Crippen LogP contribution < -0.4 is 10.1 Å². The maximum absolute atomic E-state index is 12.2. The lowest BCUT2D eigenvalue weighted by molar-refractivity contribution is -0.123. The number of carbonyl (C=O) groups excluding carboxylic acids is 1. The van der Waals surface area contributed by atoms with Crippen LogP contribution in [0.25, 0.3) is 0 Å². The van der Waals surface area contributed by atoms with Gasteiger partial charge in [0.1, 0.15) is 11.6 Å². The van der Waals surface area contributed by atoms with Crippen molar-refractivity contribution >= 4 is 5.91 Å². The van der Waals surface area contributed by atoms with E-state index in [0.29, 0.717) is 18.9 Å². The molecule has 1 heterocycles. The molecule has 2 aromatic carbocycles. The van der Waals surface area contributed by atoms with E-state index in [2.05, 4.69) is 46.9 Å². The summed E-state index contributed by atoms with van der Waals surface area (Å²) in [5, 5.41) is 2.93. The number of nitrogens with one attached hydrogen (secondary N) is 1. The predicted molar refractivity (Wildman–Crippen MR) is 115 cm³/mol. The Morgan fingerprint density at radius 1 is 1.14 bits per heavy atom. The van der Waals surface area contributed by atoms with Crippen molar-refractivity contribution in [1.29, 1.82) is 0 Å². The Labute approximate surface area is 172 Å². The molecule has 1 atom stereocenters. The van der Waals surface area contributed by atoms with Gasteiger partial charge in [0.25, 0.3) is 5.91 Å². The van der Waals surface area contributed by atoms with Crippen molar-refractivity contribution in [3.8, 4) is 5.75 Å². The van der Waals surface area contributed by atoms with Gasteiger partial charge in [0.05, 0.1) is 0 Å². The summed E-state index contributed by atoms with van der Waals surface area (Å²) in [7, 11) is 0. The predicted octanol–water partition coefficient (Wildman–Crippen LogP) is 4.18. The lowest BCUT2D eigenvalue weighted by Gasteiger charge is -2.15. The summed E-state index contributed by atoms with van der Waals surface area (Å²) in [6, 6.07) is 18.2. The largest absolute Gasteiger partial charge is 0.483 e. The highest BCUT2D eigenvalue weighted by Crippen LogP contribution is 2.28. The first-order valence-corrected chi connectivity index (χ1v) is 10.2. The Kier molecular flexibility index (Phi) is 7.45. The number of amides is 1. The molecule has 3 aromatic rings. The summed E-state index contributed by atoms with van der Waals surface area (Å²) < 4.78 is 7.89. The minimum atomic E-state index is -0.120. The van der Waals surface area contributed by atoms with Crippen molar-refractivity contribution in [3.63, 3.8) is 0 Å². The highest BCUT2D eigenvalue weighted by Gasteiger charge is 2.11. The Morgan fingerprint density at radius 2 is 1.90 bits per heavy atom. The molecule has 0 aliphatic carbocycles. The Morgan fingerprint density at radius 3 is 2.69 bits per heavy atom. The van der Waals surface area contributed by atoms with Crippen molar-refractivity contribution in [2.45, 2.75) is 39.2 Å². The van der Waals surface area contributed by atoms with Crippen LogP contribution in [0.2, 0.25) is 0 Å². The van der Waals surface area contributed by atoms with E-state index < -0.39 is 0 Å². The SMILES string of the molecule is CCC(C)c1ccccc1OCC(=O)NCCc1nccn1Cc1ccccc1. The number of aromatic nitrogens is 2. The second-order valence-corrected chi connectivity index (χ2v) is 7.19. The van der Waals surface area contributed by atoms with Gasteiger partial charge in [-0.05, 0) is 29.5 Å². The minimum Gasteiger partial charge on any atom is -0.483 e. The van der Waals surface area contributed by atoms with Crippen molar-refractivity contribution < 1.29 is 9.53 Å². The second-order valence-electron chi connectivity index (χ2n) is 7.19. The molecule has 1 amide bonds. The molecule has 0 spiro atoms. The molecular weight excluding hydrogens is 362 g/mol. The monoisotopic (exact) mass is 391 g/mol. The maximum Gasteiger partial charge on any atom is 0.257 e. The van der Waals surface area contributed by atoms with Gasteiger partial charge in [-0.3, -0.25) is 4.79 Å². The van der Waals surface area contributed by atoms with Gasteiger partial charge in [-0.15, -0.1) is 0 Å². The summed E-state index contributed by atoms with van der Waals surface area (Å²) in [4.78, 5) is 16.6. The van der Waals surface area contributed by atoms with E-state index in [1.807, 2.05) is 42.6 Å². The van der Waals surface area contributed by atoms with E-state index in [1.54, 1.807) is 6.20 Å². The van der Waals surface area contributed by atoms with Gasteiger partial charge in [-0.1, -0.05) is 62.4 Å². The quantitative estimate of drug-likeness (QED) is 0.564. The molecule has 0 radical (unpaired) electrons. The Hall–Kier alpha value is -3.08. The van der Waals surface area contributed by atoms with E-state index in [1.165, 1.54) is 5.56 Å². The number of imidazole rings is 1. The topological polar surface area (TPSA) is 56.1 Å². The summed E-state index contributed by atoms with van der Waals surface area (Å²) >= 11 is 0. The van der Waals surface area contributed by atoms with Crippen LogP contribution in [0, 0.1) is 0 Å². The minimum absolute atomic E-state index is 0.0197. The van der Waals surface area contributed by atoms with Crippen LogP contribution in [0.3, 0.4) is 0 Å².